The zero-order valence-corrected chi connectivity index (χ0v) is 50.5. The van der Waals surface area contributed by atoms with Gasteiger partial charge >= 0.3 is 5.97 Å². The van der Waals surface area contributed by atoms with Crippen molar-refractivity contribution in [2.45, 2.75) is 379 Å². The third kappa shape index (κ3) is 61.2. The first-order chi connectivity index (χ1) is 37.0. The number of amides is 1. The first-order valence-electron chi connectivity index (χ1n) is 33.8. The Kier molecular flexibility index (Phi) is 63.0. The number of aliphatic hydroxyl groups is 2. The highest BCUT2D eigenvalue weighted by molar-refractivity contribution is 5.76. The lowest BCUT2D eigenvalue weighted by Crippen LogP contribution is -2.45. The minimum atomic E-state index is -0.843. The van der Waals surface area contributed by atoms with E-state index in [1.807, 2.05) is 6.08 Å². The normalized spacial score (nSPS) is 12.7. The van der Waals surface area contributed by atoms with E-state index in [1.54, 1.807) is 6.08 Å². The van der Waals surface area contributed by atoms with Crippen LogP contribution in [-0.2, 0) is 14.3 Å². The Labute approximate surface area is 468 Å². The summed E-state index contributed by atoms with van der Waals surface area (Å²) in [6.07, 6.45) is 82.1. The summed E-state index contributed by atoms with van der Waals surface area (Å²) in [5, 5.41) is 23.2. The maximum absolute atomic E-state index is 12.5. The van der Waals surface area contributed by atoms with Gasteiger partial charge in [-0.05, 0) is 57.8 Å². The summed E-state index contributed by atoms with van der Waals surface area (Å²) in [6.45, 7) is 4.88. The fraction of sp³-hybridized carbons (Fsp3) is 0.884. The standard InChI is InChI=1S/C69H131NO5/c1-3-5-7-9-11-13-15-17-19-31-34-37-41-45-49-53-57-61-67(72)66(65-71)70-68(73)62-58-54-50-46-42-38-35-32-29-27-25-23-21-20-22-24-26-28-30-33-36-40-44-48-52-56-60-64-75-69(74)63-59-55-51-47-43-39-18-16-14-12-10-8-6-4-2/h10,12,16,18,57,61,66-67,71-72H,3-9,11,13-15,17,19-56,58-60,62-65H2,1-2H3,(H,70,73)/b12-10-,18-16-,61-57+. The topological polar surface area (TPSA) is 95.9 Å². The molecule has 3 N–H and O–H groups in total. The summed E-state index contributed by atoms with van der Waals surface area (Å²) in [5.41, 5.74) is 0. The lowest BCUT2D eigenvalue weighted by Gasteiger charge is -2.20. The molecule has 0 saturated carbocycles. The van der Waals surface area contributed by atoms with E-state index in [2.05, 4.69) is 43.5 Å². The highest BCUT2D eigenvalue weighted by Gasteiger charge is 2.18. The Morgan fingerprint density at radius 2 is 0.680 bits per heavy atom. The van der Waals surface area contributed by atoms with Gasteiger partial charge in [-0.1, -0.05) is 333 Å². The van der Waals surface area contributed by atoms with Gasteiger partial charge in [-0.2, -0.15) is 0 Å². The molecule has 0 aliphatic carbocycles. The number of carbonyl (C=O) groups is 2. The van der Waals surface area contributed by atoms with Gasteiger partial charge < -0.3 is 20.3 Å². The molecule has 0 aromatic rings. The first-order valence-corrected chi connectivity index (χ1v) is 33.8. The molecule has 0 aliphatic heterocycles. The van der Waals surface area contributed by atoms with E-state index in [4.69, 9.17) is 4.74 Å². The minimum absolute atomic E-state index is 0.00323. The Balaban J connectivity index is 3.37. The van der Waals surface area contributed by atoms with E-state index in [1.165, 1.54) is 289 Å². The summed E-state index contributed by atoms with van der Waals surface area (Å²) < 4.78 is 5.48. The van der Waals surface area contributed by atoms with E-state index in [9.17, 15) is 19.8 Å². The van der Waals surface area contributed by atoms with Crippen molar-refractivity contribution in [1.29, 1.82) is 0 Å². The van der Waals surface area contributed by atoms with Gasteiger partial charge in [-0.25, -0.2) is 0 Å². The molecule has 442 valence electrons. The molecule has 0 saturated heterocycles. The molecule has 0 radical (unpaired) electrons. The molecule has 0 aromatic heterocycles. The molecule has 2 atom stereocenters. The Bertz CT molecular complexity index is 1210. The molecule has 0 aromatic carbocycles. The van der Waals surface area contributed by atoms with Gasteiger partial charge in [0.1, 0.15) is 0 Å². The van der Waals surface area contributed by atoms with Gasteiger partial charge in [0.15, 0.2) is 0 Å². The number of ether oxygens (including phenoxy) is 1. The third-order valence-electron chi connectivity index (χ3n) is 15.7. The zero-order valence-electron chi connectivity index (χ0n) is 50.5. The summed E-state index contributed by atoms with van der Waals surface area (Å²) in [4.78, 5) is 24.5. The number of esters is 1. The van der Waals surface area contributed by atoms with E-state index < -0.39 is 12.1 Å². The first kappa shape index (κ1) is 73.1. The minimum Gasteiger partial charge on any atom is -0.466 e. The van der Waals surface area contributed by atoms with Crippen LogP contribution < -0.4 is 5.32 Å². The van der Waals surface area contributed by atoms with E-state index in [0.717, 1.165) is 51.4 Å². The van der Waals surface area contributed by atoms with Gasteiger partial charge in [0.2, 0.25) is 5.91 Å². The van der Waals surface area contributed by atoms with Crippen LogP contribution in [0.3, 0.4) is 0 Å². The lowest BCUT2D eigenvalue weighted by atomic mass is 10.0. The van der Waals surface area contributed by atoms with Crippen LogP contribution >= 0.6 is 0 Å². The van der Waals surface area contributed by atoms with Crippen molar-refractivity contribution in [3.05, 3.63) is 36.5 Å². The highest BCUT2D eigenvalue weighted by atomic mass is 16.5. The molecule has 0 bridgehead atoms. The van der Waals surface area contributed by atoms with Gasteiger partial charge in [0.25, 0.3) is 0 Å². The Hall–Kier alpha value is -1.92. The van der Waals surface area contributed by atoms with Crippen LogP contribution in [0.5, 0.6) is 0 Å². The molecule has 0 spiro atoms. The number of rotatable bonds is 63. The van der Waals surface area contributed by atoms with Crippen LogP contribution in [0.1, 0.15) is 367 Å². The molecule has 1 amide bonds. The van der Waals surface area contributed by atoms with E-state index in [0.29, 0.717) is 19.4 Å². The Morgan fingerprint density at radius 1 is 0.373 bits per heavy atom. The smallest absolute Gasteiger partial charge is 0.305 e. The fourth-order valence-electron chi connectivity index (χ4n) is 10.5. The second-order valence-electron chi connectivity index (χ2n) is 23.2. The second-order valence-corrected chi connectivity index (χ2v) is 23.2. The number of nitrogens with one attached hydrogen (secondary N) is 1. The summed E-state index contributed by atoms with van der Waals surface area (Å²) >= 11 is 0. The van der Waals surface area contributed by atoms with Gasteiger partial charge in [0.05, 0.1) is 25.4 Å². The zero-order chi connectivity index (χ0) is 54.3. The van der Waals surface area contributed by atoms with Crippen LogP contribution in [0.4, 0.5) is 0 Å². The van der Waals surface area contributed by atoms with Crippen LogP contribution in [-0.4, -0.2) is 47.4 Å². The fourth-order valence-corrected chi connectivity index (χ4v) is 10.5. The number of carbonyl (C=O) groups excluding carboxylic acids is 2. The predicted octanol–water partition coefficient (Wildman–Crippen LogP) is 21.5. The largest absolute Gasteiger partial charge is 0.466 e. The third-order valence-corrected chi connectivity index (χ3v) is 15.7. The summed E-state index contributed by atoms with van der Waals surface area (Å²) in [6, 6.07) is -0.626. The molecular formula is C69H131NO5. The quantitative estimate of drug-likeness (QED) is 0.0320. The average Bonchev–Trinajstić information content (AvgIpc) is 3.41. The summed E-state index contributed by atoms with van der Waals surface area (Å²) in [5.74, 6) is -0.0596. The Morgan fingerprint density at radius 3 is 1.05 bits per heavy atom. The van der Waals surface area contributed by atoms with Crippen molar-refractivity contribution in [3.63, 3.8) is 0 Å². The van der Waals surface area contributed by atoms with Crippen LogP contribution in [0.15, 0.2) is 36.5 Å². The molecular weight excluding hydrogens is 923 g/mol. The van der Waals surface area contributed by atoms with Crippen LogP contribution in [0.2, 0.25) is 0 Å². The molecule has 0 rings (SSSR count). The van der Waals surface area contributed by atoms with Crippen molar-refractivity contribution in [3.8, 4) is 0 Å². The predicted molar refractivity (Wildman–Crippen MR) is 329 cm³/mol. The monoisotopic (exact) mass is 1050 g/mol. The molecule has 6 nitrogen and oxygen atoms in total. The van der Waals surface area contributed by atoms with Crippen molar-refractivity contribution >= 4 is 11.9 Å². The highest BCUT2D eigenvalue weighted by Crippen LogP contribution is 2.18. The van der Waals surface area contributed by atoms with Gasteiger partial charge in [-0.3, -0.25) is 9.59 Å². The van der Waals surface area contributed by atoms with E-state index in [-0.39, 0.29) is 18.5 Å². The number of hydrogen-bond acceptors (Lipinski definition) is 5. The number of aliphatic hydroxyl groups excluding tert-OH is 2. The van der Waals surface area contributed by atoms with Crippen molar-refractivity contribution in [2.24, 2.45) is 0 Å². The number of hydrogen-bond donors (Lipinski definition) is 3. The average molecular weight is 1050 g/mol. The van der Waals surface area contributed by atoms with Gasteiger partial charge in [-0.15, -0.1) is 0 Å². The number of allylic oxidation sites excluding steroid dienone is 5. The van der Waals surface area contributed by atoms with Crippen molar-refractivity contribution in [2.75, 3.05) is 13.2 Å². The maximum atomic E-state index is 12.5. The SMILES string of the molecule is CCCC/C=C\C/C=C\CCCCCCCC(=O)OCCCCCCCCCCCCCCCCCCCCCCCCCCCCCC(=O)NC(CO)C(O)/C=C/CCCCCCCCCCCCCCCCC. The molecule has 2 unspecified atom stereocenters. The van der Waals surface area contributed by atoms with Crippen molar-refractivity contribution < 1.29 is 24.5 Å². The molecule has 0 fully saturated rings. The number of unbranched alkanes of at least 4 members (excludes halogenated alkanes) is 48. The maximum Gasteiger partial charge on any atom is 0.305 e. The van der Waals surface area contributed by atoms with Crippen molar-refractivity contribution in [1.82, 2.24) is 5.32 Å². The molecule has 0 heterocycles. The van der Waals surface area contributed by atoms with E-state index >= 15 is 0 Å². The van der Waals surface area contributed by atoms with Crippen LogP contribution in [0.25, 0.3) is 0 Å². The summed E-state index contributed by atoms with van der Waals surface area (Å²) in [7, 11) is 0. The molecule has 0 aliphatic rings. The lowest BCUT2D eigenvalue weighted by molar-refractivity contribution is -0.143. The van der Waals surface area contributed by atoms with Crippen LogP contribution in [0, 0.1) is 0 Å². The van der Waals surface area contributed by atoms with Gasteiger partial charge in [0, 0.05) is 12.8 Å². The second kappa shape index (κ2) is 64.6. The molecule has 6 heteroatoms. The molecule has 75 heavy (non-hydrogen) atoms.